The van der Waals surface area contributed by atoms with Gasteiger partial charge in [0.2, 0.25) is 0 Å². The Morgan fingerprint density at radius 2 is 1.94 bits per heavy atom. The van der Waals surface area contributed by atoms with E-state index in [4.69, 9.17) is 11.6 Å². The first kappa shape index (κ1) is 21.1. The highest BCUT2D eigenvalue weighted by atomic mass is 35.5. The van der Waals surface area contributed by atoms with Crippen LogP contribution in [0, 0.1) is 0 Å². The van der Waals surface area contributed by atoms with E-state index in [1.54, 1.807) is 0 Å². The van der Waals surface area contributed by atoms with E-state index in [1.807, 2.05) is 41.6 Å². The van der Waals surface area contributed by atoms with Crippen molar-refractivity contribution in [2.45, 2.75) is 43.6 Å². The summed E-state index contributed by atoms with van der Waals surface area (Å²) in [7, 11) is 0. The molecule has 34 heavy (non-hydrogen) atoms. The number of hydrogen-bond acceptors (Lipinski definition) is 5. The van der Waals surface area contributed by atoms with Gasteiger partial charge in [-0.2, -0.15) is 5.21 Å². The molecule has 0 bridgehead atoms. The van der Waals surface area contributed by atoms with Crippen molar-refractivity contribution < 1.29 is 4.79 Å². The zero-order valence-corrected chi connectivity index (χ0v) is 19.4. The summed E-state index contributed by atoms with van der Waals surface area (Å²) in [4.78, 5) is 19.3. The van der Waals surface area contributed by atoms with E-state index in [-0.39, 0.29) is 6.03 Å². The minimum Gasteiger partial charge on any atom is -0.325 e. The van der Waals surface area contributed by atoms with Crippen LogP contribution in [0.25, 0.3) is 16.6 Å². The topological polar surface area (TPSA) is 105 Å². The van der Waals surface area contributed by atoms with E-state index < -0.39 is 5.54 Å². The summed E-state index contributed by atoms with van der Waals surface area (Å²) >= 11 is 6.09. The molecule has 0 unspecified atom stereocenters. The molecule has 0 spiro atoms. The zero-order valence-electron chi connectivity index (χ0n) is 18.6. The maximum absolute atomic E-state index is 13.1. The second kappa shape index (κ2) is 8.39. The van der Waals surface area contributed by atoms with Crippen molar-refractivity contribution in [3.63, 3.8) is 0 Å². The van der Waals surface area contributed by atoms with Gasteiger partial charge >= 0.3 is 6.03 Å². The molecule has 6 rings (SSSR count). The number of fused-ring (bicyclic) bond motifs is 1. The van der Waals surface area contributed by atoms with Crippen LogP contribution in [-0.4, -0.2) is 54.2 Å². The van der Waals surface area contributed by atoms with Crippen molar-refractivity contribution in [2.24, 2.45) is 0 Å². The number of amides is 2. The molecule has 2 fully saturated rings. The monoisotopic (exact) mass is 476 g/mol. The van der Waals surface area contributed by atoms with Gasteiger partial charge in [0.1, 0.15) is 5.54 Å². The molecule has 1 aromatic carbocycles. The van der Waals surface area contributed by atoms with Crippen LogP contribution in [0.4, 0.5) is 4.79 Å². The second-order valence-electron chi connectivity index (χ2n) is 9.19. The summed E-state index contributed by atoms with van der Waals surface area (Å²) in [6, 6.07) is 9.88. The predicted molar refractivity (Wildman–Crippen MR) is 128 cm³/mol. The highest BCUT2D eigenvalue weighted by Gasteiger charge is 2.44. The number of nitrogens with one attached hydrogen (secondary N) is 2. The van der Waals surface area contributed by atoms with Crippen LogP contribution >= 0.6 is 11.6 Å². The molecule has 1 saturated carbocycles. The molecule has 1 aliphatic carbocycles. The fourth-order valence-electron chi connectivity index (χ4n) is 5.22. The summed E-state index contributed by atoms with van der Waals surface area (Å²) < 4.78 is 2.18. The van der Waals surface area contributed by atoms with Gasteiger partial charge in [0.15, 0.2) is 5.82 Å². The molecular formula is C24H25ClN8O. The van der Waals surface area contributed by atoms with Gasteiger partial charge in [0.05, 0.1) is 11.7 Å². The lowest BCUT2D eigenvalue weighted by Crippen LogP contribution is -2.56. The Morgan fingerprint density at radius 3 is 2.62 bits per heavy atom. The van der Waals surface area contributed by atoms with Crippen LogP contribution in [0.5, 0.6) is 0 Å². The quantitative estimate of drug-likeness (QED) is 0.460. The van der Waals surface area contributed by atoms with Gasteiger partial charge in [-0.15, -0.1) is 10.2 Å². The van der Waals surface area contributed by atoms with E-state index in [0.717, 1.165) is 43.3 Å². The first-order chi connectivity index (χ1) is 16.6. The molecule has 174 valence electrons. The first-order valence-electron chi connectivity index (χ1n) is 11.6. The minimum absolute atomic E-state index is 0.0456. The van der Waals surface area contributed by atoms with E-state index in [0.29, 0.717) is 29.9 Å². The summed E-state index contributed by atoms with van der Waals surface area (Å²) in [5, 5.41) is 19.5. The number of carbonyl (C=O) groups is 1. The van der Waals surface area contributed by atoms with Gasteiger partial charge in [0.25, 0.3) is 0 Å². The van der Waals surface area contributed by atoms with Gasteiger partial charge in [-0.1, -0.05) is 16.8 Å². The van der Waals surface area contributed by atoms with Crippen molar-refractivity contribution in [1.82, 2.24) is 40.4 Å². The number of piperidine rings is 1. The summed E-state index contributed by atoms with van der Waals surface area (Å²) in [5.41, 5.74) is 2.94. The van der Waals surface area contributed by atoms with Gasteiger partial charge in [0, 0.05) is 41.6 Å². The molecule has 1 aliphatic heterocycles. The zero-order chi connectivity index (χ0) is 23.1. The number of aromatic amines is 1. The normalized spacial score (nSPS) is 18.1. The smallest absolute Gasteiger partial charge is 0.318 e. The third kappa shape index (κ3) is 3.60. The summed E-state index contributed by atoms with van der Waals surface area (Å²) in [6.07, 6.45) is 10.5. The van der Waals surface area contributed by atoms with Crippen molar-refractivity contribution in [2.75, 3.05) is 13.1 Å². The lowest BCUT2D eigenvalue weighted by molar-refractivity contribution is 0.135. The van der Waals surface area contributed by atoms with Crippen molar-refractivity contribution in [3.8, 4) is 5.69 Å². The lowest BCUT2D eigenvalue weighted by Gasteiger charge is -2.42. The van der Waals surface area contributed by atoms with Crippen molar-refractivity contribution in [1.29, 1.82) is 0 Å². The molecule has 4 aromatic rings. The number of rotatable bonds is 4. The SMILES string of the molecule is O=C(NC1(c2nn[nH]n2)CCC1)N1CCC(c2cn(-c3ccc(Cl)cc3)c3cnccc23)CC1. The average molecular weight is 477 g/mol. The molecule has 2 N–H and O–H groups in total. The Balaban J connectivity index is 1.19. The Labute approximate surface area is 201 Å². The number of halogens is 1. The first-order valence-corrected chi connectivity index (χ1v) is 12.0. The molecule has 10 heteroatoms. The van der Waals surface area contributed by atoms with Crippen LogP contribution in [0.1, 0.15) is 49.4 Å². The molecule has 3 aromatic heterocycles. The number of carbonyl (C=O) groups excluding carboxylic acids is 1. The predicted octanol–water partition coefficient (Wildman–Crippen LogP) is 4.16. The number of aromatic nitrogens is 6. The number of tetrazole rings is 1. The van der Waals surface area contributed by atoms with Crippen molar-refractivity contribution in [3.05, 3.63) is 65.3 Å². The highest BCUT2D eigenvalue weighted by molar-refractivity contribution is 6.30. The van der Waals surface area contributed by atoms with E-state index >= 15 is 0 Å². The largest absolute Gasteiger partial charge is 0.325 e. The Bertz CT molecular complexity index is 1300. The standard InChI is InChI=1S/C24H25ClN8O/c25-17-2-4-18(5-3-17)33-15-20(19-6-11-26-14-21(19)33)16-7-12-32(13-8-16)23(34)27-24(9-1-10-24)22-28-30-31-29-22/h2-6,11,14-16H,1,7-10,12-13H2,(H,27,34)(H,28,29,30,31). The fraction of sp³-hybridized carbons (Fsp3) is 0.375. The summed E-state index contributed by atoms with van der Waals surface area (Å²) in [6.45, 7) is 1.41. The maximum Gasteiger partial charge on any atom is 0.318 e. The Morgan fingerprint density at radius 1 is 1.15 bits per heavy atom. The summed E-state index contributed by atoms with van der Waals surface area (Å²) in [5.74, 6) is 0.947. The molecule has 4 heterocycles. The number of H-pyrrole nitrogens is 1. The minimum atomic E-state index is -0.486. The highest BCUT2D eigenvalue weighted by Crippen LogP contribution is 2.40. The fourth-order valence-corrected chi connectivity index (χ4v) is 5.34. The Kier molecular flexibility index (Phi) is 5.21. The second-order valence-corrected chi connectivity index (χ2v) is 9.62. The number of nitrogens with zero attached hydrogens (tertiary/aromatic N) is 6. The number of likely N-dealkylation sites (tertiary alicyclic amines) is 1. The maximum atomic E-state index is 13.1. The molecule has 2 amide bonds. The van der Waals surface area contributed by atoms with Crippen LogP contribution in [0.15, 0.2) is 48.9 Å². The molecule has 1 saturated heterocycles. The van der Waals surface area contributed by atoms with Gasteiger partial charge in [-0.05, 0) is 73.9 Å². The van der Waals surface area contributed by atoms with Crippen molar-refractivity contribution >= 4 is 28.5 Å². The van der Waals surface area contributed by atoms with Crippen LogP contribution in [-0.2, 0) is 5.54 Å². The molecular weight excluding hydrogens is 452 g/mol. The molecule has 2 aliphatic rings. The lowest BCUT2D eigenvalue weighted by atomic mass is 9.76. The number of pyridine rings is 1. The number of hydrogen-bond donors (Lipinski definition) is 2. The van der Waals surface area contributed by atoms with Gasteiger partial charge < -0.3 is 14.8 Å². The van der Waals surface area contributed by atoms with Crippen LogP contribution < -0.4 is 5.32 Å². The Hall–Kier alpha value is -3.46. The van der Waals surface area contributed by atoms with E-state index in [2.05, 4.69) is 47.8 Å². The van der Waals surface area contributed by atoms with Gasteiger partial charge in [-0.3, -0.25) is 4.98 Å². The number of benzene rings is 1. The van der Waals surface area contributed by atoms with Crippen LogP contribution in [0.2, 0.25) is 5.02 Å². The van der Waals surface area contributed by atoms with E-state index in [1.165, 1.54) is 10.9 Å². The average Bonchev–Trinajstić information content (AvgIpc) is 3.51. The molecule has 0 atom stereocenters. The molecule has 9 nitrogen and oxygen atoms in total. The number of urea groups is 1. The van der Waals surface area contributed by atoms with Crippen LogP contribution in [0.3, 0.4) is 0 Å². The van der Waals surface area contributed by atoms with E-state index in [9.17, 15) is 4.79 Å². The third-order valence-electron chi connectivity index (χ3n) is 7.29. The van der Waals surface area contributed by atoms with Gasteiger partial charge in [-0.25, -0.2) is 4.79 Å². The molecule has 0 radical (unpaired) electrons. The third-order valence-corrected chi connectivity index (χ3v) is 7.54.